The van der Waals surface area contributed by atoms with E-state index in [2.05, 4.69) is 106 Å². The van der Waals surface area contributed by atoms with Gasteiger partial charge in [0.05, 0.1) is 5.60 Å². The highest BCUT2D eigenvalue weighted by Gasteiger charge is 2.36. The molecule has 0 saturated heterocycles. The Balaban J connectivity index is 1.71. The molecule has 0 aromatic heterocycles. The van der Waals surface area contributed by atoms with Gasteiger partial charge in [-0.3, -0.25) is 0 Å². The molecule has 0 aliphatic carbocycles. The highest BCUT2D eigenvalue weighted by molar-refractivity contribution is 7.80. The van der Waals surface area contributed by atoms with Crippen LogP contribution in [0, 0.1) is 0 Å². The average Bonchev–Trinajstić information content (AvgIpc) is 3.33. The molecule has 1 aliphatic rings. The maximum atomic E-state index is 6.19. The van der Waals surface area contributed by atoms with Crippen LogP contribution in [-0.4, -0.2) is 30.8 Å². The van der Waals surface area contributed by atoms with Crippen molar-refractivity contribution in [2.24, 2.45) is 4.99 Å². The zero-order valence-electron chi connectivity index (χ0n) is 19.2. The number of unbranched alkanes of at least 4 members (excludes halogenated alkanes) is 1. The Morgan fingerprint density at radius 1 is 0.906 bits per heavy atom. The summed E-state index contributed by atoms with van der Waals surface area (Å²) in [5, 5.41) is 3.91. The van der Waals surface area contributed by atoms with Crippen molar-refractivity contribution in [3.8, 4) is 0 Å². The molecule has 0 saturated carbocycles. The van der Waals surface area contributed by atoms with Crippen molar-refractivity contribution in [2.75, 3.05) is 13.2 Å². The largest absolute Gasteiger partial charge is 0.475 e. The van der Waals surface area contributed by atoms with Crippen LogP contribution >= 0.6 is 7.92 Å². The zero-order chi connectivity index (χ0) is 22.4. The molecule has 4 rings (SSSR count). The van der Waals surface area contributed by atoms with E-state index in [1.807, 2.05) is 0 Å². The molecular formula is C28H32NO2P. The lowest BCUT2D eigenvalue weighted by Crippen LogP contribution is -2.39. The van der Waals surface area contributed by atoms with Crippen molar-refractivity contribution < 1.29 is 9.47 Å². The van der Waals surface area contributed by atoms with Crippen LogP contribution in [0.5, 0.6) is 0 Å². The topological polar surface area (TPSA) is 30.8 Å². The summed E-state index contributed by atoms with van der Waals surface area (Å²) >= 11 is 0. The van der Waals surface area contributed by atoms with Crippen LogP contribution in [0.1, 0.15) is 39.2 Å². The Morgan fingerprint density at radius 3 is 2.12 bits per heavy atom. The highest BCUT2D eigenvalue weighted by atomic mass is 31.1. The van der Waals surface area contributed by atoms with Crippen LogP contribution in [0.2, 0.25) is 0 Å². The lowest BCUT2D eigenvalue weighted by molar-refractivity contribution is -0.0401. The first kappa shape index (κ1) is 22.7. The van der Waals surface area contributed by atoms with Crippen LogP contribution in [0.4, 0.5) is 0 Å². The molecule has 4 heteroatoms. The SMILES string of the molecule is CCCCOC(C)(C)[C@@H]1COC(c2ccccc2P(c2ccccc2)c2ccccc2)=N1. The van der Waals surface area contributed by atoms with E-state index in [9.17, 15) is 0 Å². The molecule has 3 nitrogen and oxygen atoms in total. The number of rotatable bonds is 9. The van der Waals surface area contributed by atoms with Gasteiger partial charge in [0.2, 0.25) is 5.90 Å². The molecule has 0 fully saturated rings. The van der Waals surface area contributed by atoms with Gasteiger partial charge in [0.15, 0.2) is 0 Å². The molecule has 0 radical (unpaired) electrons. The van der Waals surface area contributed by atoms with Crippen molar-refractivity contribution in [1.82, 2.24) is 0 Å². The number of aliphatic imine (C=N–C) groups is 1. The molecule has 0 unspecified atom stereocenters. The molecule has 0 N–H and O–H groups in total. The van der Waals surface area contributed by atoms with Crippen molar-refractivity contribution in [3.63, 3.8) is 0 Å². The van der Waals surface area contributed by atoms with E-state index in [1.54, 1.807) is 0 Å². The monoisotopic (exact) mass is 445 g/mol. The lowest BCUT2D eigenvalue weighted by Gasteiger charge is -2.28. The molecule has 1 atom stereocenters. The summed E-state index contributed by atoms with van der Waals surface area (Å²) in [6.07, 6.45) is 2.19. The van der Waals surface area contributed by atoms with Gasteiger partial charge in [-0.15, -0.1) is 0 Å². The first-order chi connectivity index (χ1) is 15.6. The fourth-order valence-electron chi connectivity index (χ4n) is 3.88. The van der Waals surface area contributed by atoms with Gasteiger partial charge in [-0.05, 0) is 50.2 Å². The van der Waals surface area contributed by atoms with E-state index >= 15 is 0 Å². The third-order valence-corrected chi connectivity index (χ3v) is 8.33. The summed E-state index contributed by atoms with van der Waals surface area (Å²) < 4.78 is 12.4. The first-order valence-corrected chi connectivity index (χ1v) is 12.8. The molecule has 0 amide bonds. The second kappa shape index (κ2) is 10.4. The second-order valence-electron chi connectivity index (χ2n) is 8.59. The Labute approximate surface area is 193 Å². The molecule has 3 aromatic carbocycles. The number of hydrogen-bond donors (Lipinski definition) is 0. The summed E-state index contributed by atoms with van der Waals surface area (Å²) in [7, 11) is -0.729. The third kappa shape index (κ3) is 5.11. The van der Waals surface area contributed by atoms with E-state index in [0.29, 0.717) is 6.61 Å². The minimum atomic E-state index is -0.729. The number of benzene rings is 3. The minimum absolute atomic E-state index is 0.0120. The summed E-state index contributed by atoms with van der Waals surface area (Å²) in [5.41, 5.74) is 0.730. The summed E-state index contributed by atoms with van der Waals surface area (Å²) in [4.78, 5) is 5.02. The van der Waals surface area contributed by atoms with E-state index in [4.69, 9.17) is 14.5 Å². The van der Waals surface area contributed by atoms with Gasteiger partial charge in [0.1, 0.15) is 12.6 Å². The average molecular weight is 446 g/mol. The van der Waals surface area contributed by atoms with Gasteiger partial charge >= 0.3 is 0 Å². The van der Waals surface area contributed by atoms with E-state index in [0.717, 1.165) is 30.9 Å². The van der Waals surface area contributed by atoms with Crippen LogP contribution < -0.4 is 15.9 Å². The van der Waals surface area contributed by atoms with Crippen LogP contribution in [0.15, 0.2) is 89.9 Å². The highest BCUT2D eigenvalue weighted by Crippen LogP contribution is 2.35. The Morgan fingerprint density at radius 2 is 1.50 bits per heavy atom. The van der Waals surface area contributed by atoms with Crippen molar-refractivity contribution in [2.45, 2.75) is 45.3 Å². The van der Waals surface area contributed by atoms with Gasteiger partial charge in [-0.1, -0.05) is 92.2 Å². The molecule has 1 aliphatic heterocycles. The summed E-state index contributed by atoms with van der Waals surface area (Å²) in [5.74, 6) is 0.733. The molecule has 3 aromatic rings. The zero-order valence-corrected chi connectivity index (χ0v) is 20.1. The Hall–Kier alpha value is -2.48. The maximum absolute atomic E-state index is 6.19. The van der Waals surface area contributed by atoms with Gasteiger partial charge in [-0.25, -0.2) is 4.99 Å². The standard InChI is InChI=1S/C28H32NO2P/c1-4-5-20-31-28(2,3)26-21-30-27(29-26)24-18-12-13-19-25(24)32(22-14-8-6-9-15-22)23-16-10-7-11-17-23/h6-19,26H,4-5,20-21H2,1-3H3/t26-/m0/s1. The summed E-state index contributed by atoms with van der Waals surface area (Å²) in [6.45, 7) is 7.73. The molecule has 0 spiro atoms. The quantitative estimate of drug-likeness (QED) is 0.335. The van der Waals surface area contributed by atoms with E-state index in [-0.39, 0.29) is 11.6 Å². The van der Waals surface area contributed by atoms with Crippen LogP contribution in [0.3, 0.4) is 0 Å². The smallest absolute Gasteiger partial charge is 0.217 e. The van der Waals surface area contributed by atoms with Gasteiger partial charge in [0, 0.05) is 12.2 Å². The van der Waals surface area contributed by atoms with Crippen molar-refractivity contribution >= 4 is 29.7 Å². The maximum Gasteiger partial charge on any atom is 0.217 e. The van der Waals surface area contributed by atoms with E-state index < -0.39 is 7.92 Å². The predicted molar refractivity (Wildman–Crippen MR) is 136 cm³/mol. The number of nitrogens with zero attached hydrogens (tertiary/aromatic N) is 1. The van der Waals surface area contributed by atoms with Crippen LogP contribution in [0.25, 0.3) is 0 Å². The second-order valence-corrected chi connectivity index (χ2v) is 10.8. The third-order valence-electron chi connectivity index (χ3n) is 5.83. The summed E-state index contributed by atoms with van der Waals surface area (Å²) in [6, 6.07) is 30.0. The minimum Gasteiger partial charge on any atom is -0.475 e. The predicted octanol–water partition coefficient (Wildman–Crippen LogP) is 5.19. The molecule has 0 bridgehead atoms. The van der Waals surface area contributed by atoms with Gasteiger partial charge in [-0.2, -0.15) is 0 Å². The first-order valence-electron chi connectivity index (χ1n) is 11.4. The number of ether oxygens (including phenoxy) is 2. The van der Waals surface area contributed by atoms with Crippen LogP contribution in [-0.2, 0) is 9.47 Å². The lowest BCUT2D eigenvalue weighted by atomic mass is 10.0. The fourth-order valence-corrected chi connectivity index (χ4v) is 6.33. The fraction of sp³-hybridized carbons (Fsp3) is 0.321. The van der Waals surface area contributed by atoms with Gasteiger partial charge < -0.3 is 9.47 Å². The Kier molecular flexibility index (Phi) is 7.40. The normalized spacial score (nSPS) is 16.1. The van der Waals surface area contributed by atoms with Crippen molar-refractivity contribution in [3.05, 3.63) is 90.5 Å². The van der Waals surface area contributed by atoms with E-state index in [1.165, 1.54) is 15.9 Å². The molecule has 166 valence electrons. The molecule has 32 heavy (non-hydrogen) atoms. The van der Waals surface area contributed by atoms with Gasteiger partial charge in [0.25, 0.3) is 0 Å². The number of hydrogen-bond acceptors (Lipinski definition) is 3. The Bertz CT molecular complexity index is 994. The van der Waals surface area contributed by atoms with Crippen molar-refractivity contribution in [1.29, 1.82) is 0 Å². The molecular weight excluding hydrogens is 413 g/mol. The molecule has 1 heterocycles.